The molecule has 2 heteroatoms. The fourth-order valence-electron chi connectivity index (χ4n) is 4.07. The summed E-state index contributed by atoms with van der Waals surface area (Å²) in [7, 11) is 0. The van der Waals surface area contributed by atoms with E-state index in [2.05, 4.69) is 64.5 Å². The van der Waals surface area contributed by atoms with Crippen molar-refractivity contribution in [2.24, 2.45) is 0 Å². The van der Waals surface area contributed by atoms with Crippen molar-refractivity contribution >= 4 is 15.9 Å². The highest BCUT2D eigenvalue weighted by Gasteiger charge is 2.56. The molecule has 1 nitrogen and oxygen atoms in total. The Morgan fingerprint density at radius 1 is 0.667 bits per heavy atom. The van der Waals surface area contributed by atoms with Gasteiger partial charge in [-0.05, 0) is 35.6 Å². The Kier molecular flexibility index (Phi) is 3.82. The molecule has 0 saturated heterocycles. The van der Waals surface area contributed by atoms with Gasteiger partial charge in [0.2, 0.25) is 0 Å². The van der Waals surface area contributed by atoms with Gasteiger partial charge in [0.05, 0.1) is 5.60 Å². The van der Waals surface area contributed by atoms with Crippen LogP contribution in [0.1, 0.15) is 29.5 Å². The van der Waals surface area contributed by atoms with Crippen molar-refractivity contribution in [3.63, 3.8) is 0 Å². The minimum absolute atomic E-state index is 0.132. The van der Waals surface area contributed by atoms with E-state index in [1.165, 1.54) is 11.1 Å². The summed E-state index contributed by atoms with van der Waals surface area (Å²) in [5, 5.41) is 11.3. The smallest absolute Gasteiger partial charge is 0.0930 e. The summed E-state index contributed by atoms with van der Waals surface area (Å²) in [6, 6.07) is 29.1. The average Bonchev–Trinajstić information content (AvgIpc) is 2.61. The Morgan fingerprint density at radius 2 is 1.12 bits per heavy atom. The number of hydrogen-bond acceptors (Lipinski definition) is 1. The Bertz CT molecular complexity index is 795. The number of halogens is 1. The van der Waals surface area contributed by atoms with Crippen LogP contribution in [0, 0.1) is 0 Å². The highest BCUT2D eigenvalue weighted by atomic mass is 79.9. The lowest BCUT2D eigenvalue weighted by atomic mass is 9.51. The first kappa shape index (κ1) is 15.6. The average molecular weight is 379 g/mol. The third-order valence-electron chi connectivity index (χ3n) is 5.22. The first-order chi connectivity index (χ1) is 11.6. The van der Waals surface area contributed by atoms with Crippen LogP contribution >= 0.6 is 15.9 Å². The van der Waals surface area contributed by atoms with Gasteiger partial charge in [-0.15, -0.1) is 0 Å². The summed E-state index contributed by atoms with van der Waals surface area (Å²) in [6.45, 7) is 0. The summed E-state index contributed by atoms with van der Waals surface area (Å²) < 4.78 is 0.974. The number of rotatable bonds is 3. The van der Waals surface area contributed by atoms with Crippen LogP contribution in [0.25, 0.3) is 0 Å². The molecule has 1 aliphatic rings. The predicted octanol–water partition coefficient (Wildman–Crippen LogP) is 5.42. The molecule has 0 spiro atoms. The van der Waals surface area contributed by atoms with Gasteiger partial charge in [-0.1, -0.05) is 94.8 Å². The molecule has 0 radical (unpaired) electrons. The van der Waals surface area contributed by atoms with Crippen molar-refractivity contribution in [3.05, 3.63) is 106 Å². The summed E-state index contributed by atoms with van der Waals surface area (Å²) in [4.78, 5) is 0. The maximum absolute atomic E-state index is 11.3. The van der Waals surface area contributed by atoms with Gasteiger partial charge >= 0.3 is 0 Å². The van der Waals surface area contributed by atoms with Crippen LogP contribution in [0.5, 0.6) is 0 Å². The zero-order chi connectivity index (χ0) is 16.6. The molecule has 3 aromatic rings. The third-order valence-corrected chi connectivity index (χ3v) is 5.91. The Balaban J connectivity index is 1.78. The second kappa shape index (κ2) is 5.87. The predicted molar refractivity (Wildman–Crippen MR) is 101 cm³/mol. The molecule has 1 aliphatic carbocycles. The van der Waals surface area contributed by atoms with Gasteiger partial charge in [-0.2, -0.15) is 0 Å². The Morgan fingerprint density at radius 3 is 1.62 bits per heavy atom. The molecule has 1 saturated carbocycles. The van der Waals surface area contributed by atoms with Crippen LogP contribution in [0.3, 0.4) is 0 Å². The maximum Gasteiger partial charge on any atom is 0.0930 e. The molecule has 3 aromatic carbocycles. The monoisotopic (exact) mass is 378 g/mol. The quantitative estimate of drug-likeness (QED) is 0.645. The van der Waals surface area contributed by atoms with Crippen LogP contribution in [0.2, 0.25) is 0 Å². The van der Waals surface area contributed by atoms with E-state index >= 15 is 0 Å². The van der Waals surface area contributed by atoms with Crippen LogP contribution in [0.4, 0.5) is 0 Å². The zero-order valence-corrected chi connectivity index (χ0v) is 14.9. The van der Waals surface area contributed by atoms with E-state index in [0.29, 0.717) is 12.8 Å². The van der Waals surface area contributed by atoms with Gasteiger partial charge in [0, 0.05) is 9.89 Å². The second-order valence-electron chi connectivity index (χ2n) is 6.68. The van der Waals surface area contributed by atoms with Crippen molar-refractivity contribution in [2.75, 3.05) is 0 Å². The van der Waals surface area contributed by atoms with Crippen molar-refractivity contribution in [1.29, 1.82) is 0 Å². The molecular formula is C22H19BrO. The zero-order valence-electron chi connectivity index (χ0n) is 13.3. The van der Waals surface area contributed by atoms with Crippen LogP contribution < -0.4 is 0 Å². The lowest BCUT2D eigenvalue weighted by Gasteiger charge is -2.54. The Labute approximate surface area is 151 Å². The van der Waals surface area contributed by atoms with E-state index < -0.39 is 5.60 Å². The molecule has 120 valence electrons. The Hall–Kier alpha value is -1.90. The van der Waals surface area contributed by atoms with Crippen LogP contribution in [0.15, 0.2) is 89.4 Å². The van der Waals surface area contributed by atoms with Crippen molar-refractivity contribution in [1.82, 2.24) is 0 Å². The highest BCUT2D eigenvalue weighted by molar-refractivity contribution is 9.10. The molecule has 1 N–H and O–H groups in total. The first-order valence-electron chi connectivity index (χ1n) is 8.23. The minimum Gasteiger partial charge on any atom is -0.385 e. The van der Waals surface area contributed by atoms with Gasteiger partial charge in [-0.3, -0.25) is 0 Å². The van der Waals surface area contributed by atoms with Gasteiger partial charge < -0.3 is 5.11 Å². The topological polar surface area (TPSA) is 20.2 Å². The fraction of sp³-hybridized carbons (Fsp3) is 0.182. The van der Waals surface area contributed by atoms with Crippen molar-refractivity contribution < 1.29 is 5.11 Å². The molecule has 1 fully saturated rings. The summed E-state index contributed by atoms with van der Waals surface area (Å²) in [5.41, 5.74) is 2.59. The largest absolute Gasteiger partial charge is 0.385 e. The van der Waals surface area contributed by atoms with Gasteiger partial charge in [0.15, 0.2) is 0 Å². The van der Waals surface area contributed by atoms with E-state index in [0.717, 1.165) is 10.0 Å². The van der Waals surface area contributed by atoms with Crippen LogP contribution in [-0.2, 0) is 11.0 Å². The molecule has 0 bridgehead atoms. The highest BCUT2D eigenvalue weighted by Crippen LogP contribution is 2.59. The summed E-state index contributed by atoms with van der Waals surface area (Å²) >= 11 is 3.60. The van der Waals surface area contributed by atoms with E-state index in [4.69, 9.17) is 0 Å². The second-order valence-corrected chi connectivity index (χ2v) is 7.53. The van der Waals surface area contributed by atoms with E-state index in [1.807, 2.05) is 36.4 Å². The fourth-order valence-corrected chi connectivity index (χ4v) is 4.72. The maximum atomic E-state index is 11.3. The lowest BCUT2D eigenvalue weighted by molar-refractivity contribution is -0.0843. The van der Waals surface area contributed by atoms with Gasteiger partial charge in [0.1, 0.15) is 0 Å². The van der Waals surface area contributed by atoms with Gasteiger partial charge in [0.25, 0.3) is 0 Å². The molecule has 4 rings (SSSR count). The standard InChI is InChI=1S/C22H19BrO/c23-20-14-8-7-13-19(20)22(24)15-21(16-22,17-9-3-1-4-10-17)18-11-5-2-6-12-18/h1-14,24H,15-16H2. The van der Waals surface area contributed by atoms with Crippen molar-refractivity contribution in [3.8, 4) is 0 Å². The molecule has 0 amide bonds. The van der Waals surface area contributed by atoms with Crippen LogP contribution in [-0.4, -0.2) is 5.11 Å². The molecule has 0 unspecified atom stereocenters. The third kappa shape index (κ3) is 2.42. The number of aliphatic hydroxyl groups is 1. The normalized spacial score (nSPS) is 17.9. The lowest BCUT2D eigenvalue weighted by Crippen LogP contribution is -2.53. The molecule has 0 aromatic heterocycles. The number of benzene rings is 3. The van der Waals surface area contributed by atoms with Crippen molar-refractivity contribution in [2.45, 2.75) is 23.9 Å². The summed E-state index contributed by atoms with van der Waals surface area (Å²) in [6.07, 6.45) is 1.38. The van der Waals surface area contributed by atoms with Gasteiger partial charge in [-0.25, -0.2) is 0 Å². The molecule has 0 heterocycles. The van der Waals surface area contributed by atoms with E-state index in [9.17, 15) is 5.11 Å². The SMILES string of the molecule is OC1(c2ccccc2Br)CC(c2ccccc2)(c2ccccc2)C1. The van der Waals surface area contributed by atoms with E-state index in [1.54, 1.807) is 0 Å². The molecule has 0 atom stereocenters. The minimum atomic E-state index is -0.800. The van der Waals surface area contributed by atoms with E-state index in [-0.39, 0.29) is 5.41 Å². The molecule has 24 heavy (non-hydrogen) atoms. The number of hydrogen-bond donors (Lipinski definition) is 1. The first-order valence-corrected chi connectivity index (χ1v) is 9.02. The summed E-state index contributed by atoms with van der Waals surface area (Å²) in [5.74, 6) is 0. The molecule has 0 aliphatic heterocycles. The molecular weight excluding hydrogens is 360 g/mol.